The fourth-order valence-corrected chi connectivity index (χ4v) is 1.46. The van der Waals surface area contributed by atoms with Gasteiger partial charge in [0.05, 0.1) is 6.10 Å². The van der Waals surface area contributed by atoms with Crippen molar-refractivity contribution < 1.29 is 32.0 Å². The maximum Gasteiger partial charge on any atom is 0.469 e. The van der Waals surface area contributed by atoms with E-state index in [1.165, 1.54) is 6.92 Å². The Labute approximate surface area is 79.3 Å². The maximum absolute atomic E-state index is 12.5. The van der Waals surface area contributed by atoms with Crippen molar-refractivity contribution in [2.45, 2.75) is 38.5 Å². The number of phosphoric ester groups is 1. The first-order valence-electron chi connectivity index (χ1n) is 3.92. The smallest absolute Gasteiger partial charge is 0.303 e. The Morgan fingerprint density at radius 2 is 1.86 bits per heavy atom. The lowest BCUT2D eigenvalue weighted by Gasteiger charge is -2.17. The zero-order valence-corrected chi connectivity index (χ0v) is 8.33. The predicted octanol–water partition coefficient (Wildman–Crippen LogP) is 1.87. The molecule has 0 aliphatic heterocycles. The van der Waals surface area contributed by atoms with E-state index in [9.17, 15) is 17.7 Å². The monoisotopic (exact) mass is 236 g/mol. The highest BCUT2D eigenvalue weighted by Gasteiger charge is 2.28. The van der Waals surface area contributed by atoms with Crippen LogP contribution in [0.4, 0.5) is 13.2 Å². The molecule has 8 heteroatoms. The first-order valence-corrected chi connectivity index (χ1v) is 5.45. The maximum atomic E-state index is 12.5. The highest BCUT2D eigenvalue weighted by atomic mass is 31.2. The van der Waals surface area contributed by atoms with Crippen LogP contribution in [0.1, 0.15) is 19.8 Å². The van der Waals surface area contributed by atoms with Crippen LogP contribution >= 0.6 is 7.82 Å². The molecule has 0 aromatic rings. The molecule has 0 saturated carbocycles. The molecule has 0 aromatic carbocycles. The van der Waals surface area contributed by atoms with Crippen molar-refractivity contribution in [1.29, 1.82) is 0 Å². The molecule has 0 fully saturated rings. The number of halogens is 3. The SMILES string of the molecule is CCC(CC(F)C(F)F)OP(=O)(O)O. The summed E-state index contributed by atoms with van der Waals surface area (Å²) < 4.78 is 50.3. The number of phosphoric acid groups is 1. The second-order valence-electron chi connectivity index (χ2n) is 2.71. The average Bonchev–Trinajstić information content (AvgIpc) is 2.00. The summed E-state index contributed by atoms with van der Waals surface area (Å²) in [6.07, 6.45) is -7.45. The number of hydrogen-bond donors (Lipinski definition) is 2. The zero-order chi connectivity index (χ0) is 11.4. The molecule has 14 heavy (non-hydrogen) atoms. The predicted molar refractivity (Wildman–Crippen MR) is 42.7 cm³/mol. The summed E-state index contributed by atoms with van der Waals surface area (Å²) in [6, 6.07) is 0. The summed E-state index contributed by atoms with van der Waals surface area (Å²) >= 11 is 0. The zero-order valence-electron chi connectivity index (χ0n) is 7.44. The highest BCUT2D eigenvalue weighted by Crippen LogP contribution is 2.39. The van der Waals surface area contributed by atoms with Gasteiger partial charge in [-0.15, -0.1) is 0 Å². The molecule has 0 aromatic heterocycles. The summed E-state index contributed by atoms with van der Waals surface area (Å²) in [6.45, 7) is 1.46. The largest absolute Gasteiger partial charge is 0.469 e. The van der Waals surface area contributed by atoms with E-state index in [0.717, 1.165) is 0 Å². The van der Waals surface area contributed by atoms with Gasteiger partial charge in [-0.2, -0.15) is 0 Å². The Morgan fingerprint density at radius 3 is 2.14 bits per heavy atom. The third-order valence-corrected chi connectivity index (χ3v) is 2.08. The molecular weight excluding hydrogens is 224 g/mol. The van der Waals surface area contributed by atoms with E-state index in [0.29, 0.717) is 0 Å². The number of alkyl halides is 3. The van der Waals surface area contributed by atoms with Crippen LogP contribution in [-0.4, -0.2) is 28.5 Å². The van der Waals surface area contributed by atoms with Crippen molar-refractivity contribution in [1.82, 2.24) is 0 Å². The molecule has 86 valence electrons. The van der Waals surface area contributed by atoms with Gasteiger partial charge in [0, 0.05) is 6.42 Å². The number of hydrogen-bond acceptors (Lipinski definition) is 2. The Hall–Kier alpha value is -0.100. The van der Waals surface area contributed by atoms with Gasteiger partial charge in [-0.3, -0.25) is 4.52 Å². The van der Waals surface area contributed by atoms with Gasteiger partial charge in [-0.05, 0) is 6.42 Å². The van der Waals surface area contributed by atoms with E-state index in [2.05, 4.69) is 4.52 Å². The van der Waals surface area contributed by atoms with Crippen molar-refractivity contribution in [2.75, 3.05) is 0 Å². The first-order chi connectivity index (χ1) is 6.26. The van der Waals surface area contributed by atoms with E-state index in [1.807, 2.05) is 0 Å². The summed E-state index contributed by atoms with van der Waals surface area (Å²) in [4.78, 5) is 16.7. The molecule has 0 amide bonds. The quantitative estimate of drug-likeness (QED) is 0.691. The third kappa shape index (κ3) is 6.37. The Balaban J connectivity index is 4.10. The van der Waals surface area contributed by atoms with Crippen LogP contribution in [0, 0.1) is 0 Å². The van der Waals surface area contributed by atoms with E-state index in [1.54, 1.807) is 0 Å². The van der Waals surface area contributed by atoms with Crippen LogP contribution in [-0.2, 0) is 9.09 Å². The molecule has 0 aliphatic carbocycles. The summed E-state index contributed by atoms with van der Waals surface area (Å²) in [7, 11) is -4.74. The molecule has 0 spiro atoms. The molecule has 0 radical (unpaired) electrons. The molecule has 0 rings (SSSR count). The lowest BCUT2D eigenvalue weighted by atomic mass is 10.1. The van der Waals surface area contributed by atoms with Gasteiger partial charge in [0.25, 0.3) is 6.43 Å². The number of rotatable bonds is 6. The lowest BCUT2D eigenvalue weighted by Crippen LogP contribution is -2.21. The molecular formula is C6H12F3O4P. The minimum atomic E-state index is -4.74. The molecule has 0 heterocycles. The van der Waals surface area contributed by atoms with Crippen molar-refractivity contribution >= 4 is 7.82 Å². The van der Waals surface area contributed by atoms with Gasteiger partial charge in [0.1, 0.15) is 0 Å². The highest BCUT2D eigenvalue weighted by molar-refractivity contribution is 7.46. The Bertz CT molecular complexity index is 207. The minimum Gasteiger partial charge on any atom is -0.303 e. The van der Waals surface area contributed by atoms with E-state index in [4.69, 9.17) is 9.79 Å². The fourth-order valence-electron chi connectivity index (χ4n) is 0.832. The van der Waals surface area contributed by atoms with E-state index in [-0.39, 0.29) is 6.42 Å². The van der Waals surface area contributed by atoms with Crippen LogP contribution < -0.4 is 0 Å². The van der Waals surface area contributed by atoms with Crippen LogP contribution in [0.3, 0.4) is 0 Å². The topological polar surface area (TPSA) is 66.8 Å². The molecule has 0 aliphatic rings. The van der Waals surface area contributed by atoms with Gasteiger partial charge >= 0.3 is 7.82 Å². The molecule has 2 atom stereocenters. The minimum absolute atomic E-state index is 0.0538. The first kappa shape index (κ1) is 13.9. The second-order valence-corrected chi connectivity index (χ2v) is 3.90. The van der Waals surface area contributed by atoms with Gasteiger partial charge in [0.15, 0.2) is 6.17 Å². The van der Waals surface area contributed by atoms with Crippen LogP contribution in [0.25, 0.3) is 0 Å². The Morgan fingerprint density at radius 1 is 1.36 bits per heavy atom. The molecule has 2 N–H and O–H groups in total. The van der Waals surface area contributed by atoms with Crippen molar-refractivity contribution in [3.8, 4) is 0 Å². The van der Waals surface area contributed by atoms with Gasteiger partial charge in [-0.25, -0.2) is 17.7 Å². The fraction of sp³-hybridized carbons (Fsp3) is 1.00. The molecule has 0 saturated heterocycles. The normalized spacial score (nSPS) is 17.1. The molecule has 0 bridgehead atoms. The van der Waals surface area contributed by atoms with E-state index >= 15 is 0 Å². The van der Waals surface area contributed by atoms with Crippen molar-refractivity contribution in [3.05, 3.63) is 0 Å². The molecule has 4 nitrogen and oxygen atoms in total. The van der Waals surface area contributed by atoms with Crippen molar-refractivity contribution in [2.24, 2.45) is 0 Å². The lowest BCUT2D eigenvalue weighted by molar-refractivity contribution is 0.0150. The van der Waals surface area contributed by atoms with Crippen molar-refractivity contribution in [3.63, 3.8) is 0 Å². The van der Waals surface area contributed by atoms with Crippen LogP contribution in [0.2, 0.25) is 0 Å². The average molecular weight is 236 g/mol. The molecule has 2 unspecified atom stereocenters. The van der Waals surface area contributed by atoms with Gasteiger partial charge in [0.2, 0.25) is 0 Å². The van der Waals surface area contributed by atoms with Gasteiger partial charge in [-0.1, -0.05) is 6.92 Å². The summed E-state index contributed by atoms with van der Waals surface area (Å²) in [5, 5.41) is 0. The van der Waals surface area contributed by atoms with E-state index < -0.39 is 32.9 Å². The summed E-state index contributed by atoms with van der Waals surface area (Å²) in [5.41, 5.74) is 0. The van der Waals surface area contributed by atoms with Crippen LogP contribution in [0.15, 0.2) is 0 Å². The Kier molecular flexibility index (Phi) is 5.66. The van der Waals surface area contributed by atoms with Gasteiger partial charge < -0.3 is 9.79 Å². The second kappa shape index (κ2) is 5.70. The summed E-state index contributed by atoms with van der Waals surface area (Å²) in [5.74, 6) is 0. The van der Waals surface area contributed by atoms with Crippen LogP contribution in [0.5, 0.6) is 0 Å². The third-order valence-electron chi connectivity index (χ3n) is 1.50. The standard InChI is InChI=1S/C6H12F3O4P/c1-2-4(13-14(10,11)12)3-5(7)6(8)9/h4-6H,2-3H2,1H3,(H2,10,11,12).